The lowest BCUT2D eigenvalue weighted by molar-refractivity contribution is -0.180. The van der Waals surface area contributed by atoms with Crippen LogP contribution in [0.1, 0.15) is 31.2 Å². The Labute approximate surface area is 125 Å². The van der Waals surface area contributed by atoms with Gasteiger partial charge in [0.2, 0.25) is 0 Å². The zero-order chi connectivity index (χ0) is 14.9. The lowest BCUT2D eigenvalue weighted by Crippen LogP contribution is -2.33. The molecule has 0 unspecified atom stereocenters. The minimum atomic E-state index is -0.391. The van der Waals surface area contributed by atoms with Gasteiger partial charge in [-0.2, -0.15) is 0 Å². The standard InChI is InChI=1S/C16H23NO4/c1-19-15-9-5-8-14(21-15)10-11-17-16(18)20-12-13-6-3-2-4-7-13/h2-4,6-7,14-15H,5,8-12H2,1H3,(H,17,18)/t14-,15-/m0/s1. The number of nitrogens with one attached hydrogen (secondary N) is 1. The van der Waals surface area contributed by atoms with Crippen molar-refractivity contribution in [1.82, 2.24) is 5.32 Å². The maximum Gasteiger partial charge on any atom is 0.407 e. The first-order valence-corrected chi connectivity index (χ1v) is 7.40. The lowest BCUT2D eigenvalue weighted by atomic mass is 10.1. The van der Waals surface area contributed by atoms with E-state index in [1.165, 1.54) is 0 Å². The van der Waals surface area contributed by atoms with Gasteiger partial charge in [-0.05, 0) is 31.2 Å². The van der Waals surface area contributed by atoms with Crippen LogP contribution in [0.3, 0.4) is 0 Å². The van der Waals surface area contributed by atoms with Crippen molar-refractivity contribution in [2.24, 2.45) is 0 Å². The van der Waals surface area contributed by atoms with Gasteiger partial charge in [0, 0.05) is 13.7 Å². The molecular formula is C16H23NO4. The molecule has 1 saturated heterocycles. The molecule has 1 amide bonds. The fourth-order valence-electron chi connectivity index (χ4n) is 2.36. The van der Waals surface area contributed by atoms with Crippen LogP contribution in [0.2, 0.25) is 0 Å². The van der Waals surface area contributed by atoms with Gasteiger partial charge in [0.05, 0.1) is 6.10 Å². The van der Waals surface area contributed by atoms with E-state index in [4.69, 9.17) is 14.2 Å². The van der Waals surface area contributed by atoms with Gasteiger partial charge in [-0.15, -0.1) is 0 Å². The molecule has 1 aromatic carbocycles. The molecule has 1 aromatic rings. The molecule has 0 radical (unpaired) electrons. The van der Waals surface area contributed by atoms with E-state index in [9.17, 15) is 4.79 Å². The molecule has 1 heterocycles. The van der Waals surface area contributed by atoms with Crippen molar-refractivity contribution < 1.29 is 19.0 Å². The van der Waals surface area contributed by atoms with Gasteiger partial charge in [0.15, 0.2) is 6.29 Å². The number of hydrogen-bond donors (Lipinski definition) is 1. The lowest BCUT2D eigenvalue weighted by Gasteiger charge is -2.28. The van der Waals surface area contributed by atoms with Crippen LogP contribution in [0.25, 0.3) is 0 Å². The van der Waals surface area contributed by atoms with E-state index < -0.39 is 6.09 Å². The number of carbonyl (C=O) groups excluding carboxylic acids is 1. The zero-order valence-electron chi connectivity index (χ0n) is 12.4. The van der Waals surface area contributed by atoms with Gasteiger partial charge in [-0.25, -0.2) is 4.79 Å². The molecule has 21 heavy (non-hydrogen) atoms. The summed E-state index contributed by atoms with van der Waals surface area (Å²) in [7, 11) is 1.66. The van der Waals surface area contributed by atoms with Crippen molar-refractivity contribution in [2.75, 3.05) is 13.7 Å². The zero-order valence-corrected chi connectivity index (χ0v) is 12.4. The van der Waals surface area contributed by atoms with Gasteiger partial charge < -0.3 is 19.5 Å². The SMILES string of the molecule is CO[C@@H]1CCC[C@@H](CCNC(=O)OCc2ccccc2)O1. The predicted molar refractivity (Wildman–Crippen MR) is 78.8 cm³/mol. The molecule has 2 rings (SSSR count). The molecule has 0 spiro atoms. The van der Waals surface area contributed by atoms with E-state index >= 15 is 0 Å². The van der Waals surface area contributed by atoms with Crippen LogP contribution >= 0.6 is 0 Å². The normalized spacial score (nSPS) is 21.8. The maximum atomic E-state index is 11.6. The van der Waals surface area contributed by atoms with E-state index in [2.05, 4.69) is 5.32 Å². The fraction of sp³-hybridized carbons (Fsp3) is 0.562. The molecule has 1 N–H and O–H groups in total. The minimum absolute atomic E-state index is 0.103. The number of alkyl carbamates (subject to hydrolysis) is 1. The largest absolute Gasteiger partial charge is 0.445 e. The quantitative estimate of drug-likeness (QED) is 0.876. The first-order valence-electron chi connectivity index (χ1n) is 7.40. The Morgan fingerprint density at radius 3 is 2.90 bits per heavy atom. The van der Waals surface area contributed by atoms with Gasteiger partial charge in [0.25, 0.3) is 0 Å². The molecule has 0 aromatic heterocycles. The Morgan fingerprint density at radius 1 is 1.33 bits per heavy atom. The molecule has 1 aliphatic rings. The molecule has 1 aliphatic heterocycles. The van der Waals surface area contributed by atoms with E-state index in [1.807, 2.05) is 30.3 Å². The highest BCUT2D eigenvalue weighted by atomic mass is 16.7. The van der Waals surface area contributed by atoms with Crippen LogP contribution in [0, 0.1) is 0 Å². The van der Waals surface area contributed by atoms with E-state index in [0.717, 1.165) is 31.2 Å². The number of carbonyl (C=O) groups is 1. The molecule has 5 nitrogen and oxygen atoms in total. The van der Waals surface area contributed by atoms with Crippen LogP contribution in [0.4, 0.5) is 4.79 Å². The molecule has 0 aliphatic carbocycles. The van der Waals surface area contributed by atoms with Gasteiger partial charge in [-0.1, -0.05) is 30.3 Å². The van der Waals surface area contributed by atoms with Crippen LogP contribution in [0.15, 0.2) is 30.3 Å². The minimum Gasteiger partial charge on any atom is -0.445 e. The summed E-state index contributed by atoms with van der Waals surface area (Å²) in [5, 5.41) is 2.75. The summed E-state index contributed by atoms with van der Waals surface area (Å²) in [5.74, 6) is 0. The second-order valence-corrected chi connectivity index (χ2v) is 5.13. The third-order valence-corrected chi connectivity index (χ3v) is 3.52. The molecular weight excluding hydrogens is 270 g/mol. The Hall–Kier alpha value is -1.59. The molecule has 1 fully saturated rings. The third-order valence-electron chi connectivity index (χ3n) is 3.52. The highest BCUT2D eigenvalue weighted by molar-refractivity contribution is 5.67. The van der Waals surface area contributed by atoms with Crippen molar-refractivity contribution in [3.63, 3.8) is 0 Å². The molecule has 5 heteroatoms. The number of rotatable bonds is 6. The summed E-state index contributed by atoms with van der Waals surface area (Å²) < 4.78 is 16.1. The highest BCUT2D eigenvalue weighted by Gasteiger charge is 2.21. The summed E-state index contributed by atoms with van der Waals surface area (Å²) >= 11 is 0. The van der Waals surface area contributed by atoms with Crippen LogP contribution < -0.4 is 5.32 Å². The first kappa shape index (κ1) is 15.8. The van der Waals surface area contributed by atoms with Crippen molar-refractivity contribution in [3.8, 4) is 0 Å². The van der Waals surface area contributed by atoms with Crippen molar-refractivity contribution >= 4 is 6.09 Å². The average molecular weight is 293 g/mol. The van der Waals surface area contributed by atoms with Crippen molar-refractivity contribution in [2.45, 2.75) is 44.7 Å². The summed E-state index contributed by atoms with van der Waals surface area (Å²) in [5.41, 5.74) is 0.978. The van der Waals surface area contributed by atoms with Crippen LogP contribution in [-0.2, 0) is 20.8 Å². The van der Waals surface area contributed by atoms with E-state index in [1.54, 1.807) is 7.11 Å². The smallest absolute Gasteiger partial charge is 0.407 e. The second kappa shape index (κ2) is 8.64. The molecule has 0 saturated carbocycles. The van der Waals surface area contributed by atoms with Gasteiger partial charge in [0.1, 0.15) is 6.61 Å². The predicted octanol–water partition coefficient (Wildman–Crippen LogP) is 2.84. The monoisotopic (exact) mass is 293 g/mol. The molecule has 2 atom stereocenters. The van der Waals surface area contributed by atoms with Gasteiger partial charge >= 0.3 is 6.09 Å². The summed E-state index contributed by atoms with van der Waals surface area (Å²) in [6.45, 7) is 0.840. The number of hydrogen-bond acceptors (Lipinski definition) is 4. The Balaban J connectivity index is 1.59. The second-order valence-electron chi connectivity index (χ2n) is 5.13. The maximum absolute atomic E-state index is 11.6. The summed E-state index contributed by atoms with van der Waals surface area (Å²) in [6.07, 6.45) is 3.49. The summed E-state index contributed by atoms with van der Waals surface area (Å²) in [4.78, 5) is 11.6. The topological polar surface area (TPSA) is 56.8 Å². The average Bonchev–Trinajstić information content (AvgIpc) is 2.54. The number of methoxy groups -OCH3 is 1. The third kappa shape index (κ3) is 5.73. The molecule has 116 valence electrons. The Kier molecular flexibility index (Phi) is 6.50. The summed E-state index contributed by atoms with van der Waals surface area (Å²) in [6, 6.07) is 9.62. The number of ether oxygens (including phenoxy) is 3. The highest BCUT2D eigenvalue weighted by Crippen LogP contribution is 2.21. The van der Waals surface area contributed by atoms with Crippen LogP contribution in [0.5, 0.6) is 0 Å². The molecule has 0 bridgehead atoms. The first-order chi connectivity index (χ1) is 10.3. The van der Waals surface area contributed by atoms with Gasteiger partial charge in [-0.3, -0.25) is 0 Å². The van der Waals surface area contributed by atoms with Crippen molar-refractivity contribution in [1.29, 1.82) is 0 Å². The number of amides is 1. The Bertz CT molecular complexity index is 424. The number of benzene rings is 1. The van der Waals surface area contributed by atoms with E-state index in [-0.39, 0.29) is 12.4 Å². The Morgan fingerprint density at radius 2 is 2.14 bits per heavy atom. The van der Waals surface area contributed by atoms with Crippen LogP contribution in [-0.4, -0.2) is 32.1 Å². The van der Waals surface area contributed by atoms with Crippen molar-refractivity contribution in [3.05, 3.63) is 35.9 Å². The van der Waals surface area contributed by atoms with E-state index in [0.29, 0.717) is 13.2 Å². The fourth-order valence-corrected chi connectivity index (χ4v) is 2.36.